The molecule has 6 heteroatoms. The van der Waals surface area contributed by atoms with Gasteiger partial charge in [0.2, 0.25) is 0 Å². The average molecular weight is 326 g/mol. The van der Waals surface area contributed by atoms with Crippen molar-refractivity contribution in [2.75, 3.05) is 0 Å². The van der Waals surface area contributed by atoms with Crippen LogP contribution in [0.2, 0.25) is 0 Å². The third-order valence-corrected chi connectivity index (χ3v) is 1.98. The van der Waals surface area contributed by atoms with E-state index in [1.807, 2.05) is 0 Å². The van der Waals surface area contributed by atoms with Crippen molar-refractivity contribution in [2.24, 2.45) is 0 Å². The second kappa shape index (κ2) is 4.58. The second-order valence-corrected chi connectivity index (χ2v) is 3.23. The SMILES string of the molecule is O=S(=O)([O-])c1ccccc1F.[Sm]. The minimum absolute atomic E-state index is 0. The van der Waals surface area contributed by atoms with Crippen LogP contribution in [0, 0.1) is 46.2 Å². The van der Waals surface area contributed by atoms with Gasteiger partial charge in [-0.2, -0.15) is 0 Å². The third kappa shape index (κ3) is 3.03. The summed E-state index contributed by atoms with van der Waals surface area (Å²) in [4.78, 5) is -0.806. The first-order valence-corrected chi connectivity index (χ1v) is 4.13. The molecule has 0 spiro atoms. The Morgan fingerprint density at radius 3 is 2.08 bits per heavy atom. The topological polar surface area (TPSA) is 57.2 Å². The molecular weight excluding hydrogens is 321 g/mol. The molecule has 1 aromatic carbocycles. The molecule has 0 saturated carbocycles. The molecule has 0 aliphatic rings. The fourth-order valence-electron chi connectivity index (χ4n) is 0.647. The molecule has 0 aliphatic heterocycles. The van der Waals surface area contributed by atoms with E-state index in [0.717, 1.165) is 12.1 Å². The van der Waals surface area contributed by atoms with Gasteiger partial charge in [-0.15, -0.1) is 0 Å². The average Bonchev–Trinajstić information content (AvgIpc) is 1.86. The Balaban J connectivity index is 0.00000121. The third-order valence-electron chi connectivity index (χ3n) is 1.11. The summed E-state index contributed by atoms with van der Waals surface area (Å²) in [5.41, 5.74) is 0. The Bertz CT molecular complexity index is 363. The van der Waals surface area contributed by atoms with Crippen LogP contribution in [-0.2, 0) is 10.1 Å². The predicted octanol–water partition coefficient (Wildman–Crippen LogP) is 0.730. The van der Waals surface area contributed by atoms with Crippen LogP contribution in [0.4, 0.5) is 4.39 Å². The van der Waals surface area contributed by atoms with Crippen molar-refractivity contribution < 1.29 is 57.7 Å². The fourth-order valence-corrected chi connectivity index (χ4v) is 1.20. The first-order valence-electron chi connectivity index (χ1n) is 2.72. The zero-order chi connectivity index (χ0) is 8.48. The van der Waals surface area contributed by atoms with E-state index >= 15 is 0 Å². The van der Waals surface area contributed by atoms with Crippen LogP contribution >= 0.6 is 0 Å². The summed E-state index contributed by atoms with van der Waals surface area (Å²) in [7, 11) is -4.66. The van der Waals surface area contributed by atoms with Crippen molar-refractivity contribution >= 4 is 10.1 Å². The maximum atomic E-state index is 12.5. The van der Waals surface area contributed by atoms with E-state index < -0.39 is 20.8 Å². The molecule has 12 heavy (non-hydrogen) atoms. The number of hydrogen-bond donors (Lipinski definition) is 0. The van der Waals surface area contributed by atoms with Gasteiger partial charge in [0.05, 0.1) is 4.90 Å². The Kier molecular flexibility index (Phi) is 4.73. The van der Waals surface area contributed by atoms with E-state index in [9.17, 15) is 17.4 Å². The molecule has 66 valence electrons. The molecule has 0 amide bonds. The Morgan fingerprint density at radius 1 is 1.25 bits per heavy atom. The van der Waals surface area contributed by atoms with Crippen LogP contribution in [0.25, 0.3) is 0 Å². The molecule has 0 fully saturated rings. The molecule has 0 unspecified atom stereocenters. The van der Waals surface area contributed by atoms with Crippen LogP contribution in [0.15, 0.2) is 29.2 Å². The van der Waals surface area contributed by atoms with E-state index in [1.165, 1.54) is 12.1 Å². The summed E-state index contributed by atoms with van der Waals surface area (Å²) < 4.78 is 43.3. The van der Waals surface area contributed by atoms with E-state index in [0.29, 0.717) is 0 Å². The summed E-state index contributed by atoms with van der Waals surface area (Å²) in [5.74, 6) is -1.01. The van der Waals surface area contributed by atoms with Crippen molar-refractivity contribution in [2.45, 2.75) is 4.90 Å². The van der Waals surface area contributed by atoms with Gasteiger partial charge >= 0.3 is 0 Å². The van der Waals surface area contributed by atoms with Gasteiger partial charge in [0.25, 0.3) is 0 Å². The molecule has 0 radical (unpaired) electrons. The molecule has 1 rings (SSSR count). The number of halogens is 1. The van der Waals surface area contributed by atoms with E-state index in [-0.39, 0.29) is 40.4 Å². The number of rotatable bonds is 1. The predicted molar refractivity (Wildman–Crippen MR) is 34.4 cm³/mol. The Morgan fingerprint density at radius 2 is 1.75 bits per heavy atom. The smallest absolute Gasteiger partial charge is 0.140 e. The summed E-state index contributed by atoms with van der Waals surface area (Å²) in [5, 5.41) is 0. The maximum absolute atomic E-state index is 12.5. The molecule has 1 aromatic rings. The molecular formula is C6H4FO3SSm-. The zero-order valence-corrected chi connectivity index (χ0v) is 9.16. The van der Waals surface area contributed by atoms with E-state index in [2.05, 4.69) is 0 Å². The molecule has 0 aliphatic carbocycles. The molecule has 0 bridgehead atoms. The monoisotopic (exact) mass is 327 g/mol. The first-order chi connectivity index (χ1) is 5.02. The normalized spacial score (nSPS) is 10.5. The zero-order valence-electron chi connectivity index (χ0n) is 5.73. The summed E-state index contributed by atoms with van der Waals surface area (Å²) in [6, 6.07) is 4.44. The van der Waals surface area contributed by atoms with Gasteiger partial charge < -0.3 is 4.55 Å². The number of benzene rings is 1. The summed E-state index contributed by atoms with van der Waals surface area (Å²) >= 11 is 0. The summed E-state index contributed by atoms with van der Waals surface area (Å²) in [6.45, 7) is 0. The molecule has 0 N–H and O–H groups in total. The van der Waals surface area contributed by atoms with E-state index in [4.69, 9.17) is 0 Å². The van der Waals surface area contributed by atoms with Crippen LogP contribution in [0.1, 0.15) is 0 Å². The minimum atomic E-state index is -4.66. The molecule has 3 nitrogen and oxygen atoms in total. The summed E-state index contributed by atoms with van der Waals surface area (Å²) in [6.07, 6.45) is 0. The Hall–Kier alpha value is 0.398. The van der Waals surface area contributed by atoms with Crippen LogP contribution < -0.4 is 0 Å². The van der Waals surface area contributed by atoms with Gasteiger partial charge in [-0.25, -0.2) is 12.8 Å². The fraction of sp³-hybridized carbons (Fsp3) is 0. The van der Waals surface area contributed by atoms with Crippen molar-refractivity contribution in [1.82, 2.24) is 0 Å². The van der Waals surface area contributed by atoms with Gasteiger partial charge in [-0.3, -0.25) is 0 Å². The van der Waals surface area contributed by atoms with Crippen molar-refractivity contribution in [3.63, 3.8) is 0 Å². The maximum Gasteiger partial charge on any atom is 0.140 e. The molecule has 0 atom stereocenters. The minimum Gasteiger partial charge on any atom is -0.744 e. The molecule has 0 heterocycles. The van der Waals surface area contributed by atoms with Crippen molar-refractivity contribution in [3.8, 4) is 0 Å². The van der Waals surface area contributed by atoms with Crippen LogP contribution in [-0.4, -0.2) is 13.0 Å². The van der Waals surface area contributed by atoms with Gasteiger partial charge in [0.1, 0.15) is 15.9 Å². The van der Waals surface area contributed by atoms with Crippen molar-refractivity contribution in [1.29, 1.82) is 0 Å². The van der Waals surface area contributed by atoms with E-state index in [1.54, 1.807) is 0 Å². The number of hydrogen-bond acceptors (Lipinski definition) is 3. The quantitative estimate of drug-likeness (QED) is 0.715. The van der Waals surface area contributed by atoms with Crippen molar-refractivity contribution in [3.05, 3.63) is 30.1 Å². The standard InChI is InChI=1S/C6H5FO3S.Sm/c7-5-3-1-2-4-6(5)11(8,9)10;/h1-4H,(H,8,9,10);/p-1. The Labute approximate surface area is 102 Å². The first kappa shape index (κ1) is 12.4. The second-order valence-electron chi connectivity index (χ2n) is 1.88. The van der Waals surface area contributed by atoms with Crippen LogP contribution in [0.3, 0.4) is 0 Å². The molecule has 0 saturated heterocycles. The largest absolute Gasteiger partial charge is 0.744 e. The molecule has 0 aromatic heterocycles. The van der Waals surface area contributed by atoms with Gasteiger partial charge in [-0.1, -0.05) is 12.1 Å². The van der Waals surface area contributed by atoms with Gasteiger partial charge in [0, 0.05) is 40.4 Å². The van der Waals surface area contributed by atoms with Crippen LogP contribution in [0.5, 0.6) is 0 Å². The van der Waals surface area contributed by atoms with Gasteiger partial charge in [0.15, 0.2) is 0 Å². The van der Waals surface area contributed by atoms with Gasteiger partial charge in [-0.05, 0) is 12.1 Å².